The minimum absolute atomic E-state index is 0.0122. The number of hydrogen-bond donors (Lipinski definition) is 1. The van der Waals surface area contributed by atoms with E-state index in [-0.39, 0.29) is 12.5 Å². The van der Waals surface area contributed by atoms with Crippen LogP contribution in [-0.2, 0) is 9.53 Å². The Morgan fingerprint density at radius 2 is 1.91 bits per heavy atom. The maximum Gasteiger partial charge on any atom is 0.326 e. The van der Waals surface area contributed by atoms with Crippen LogP contribution in [0.4, 0.5) is 20.6 Å². The van der Waals surface area contributed by atoms with Gasteiger partial charge in [0.05, 0.1) is 19.6 Å². The van der Waals surface area contributed by atoms with Crippen molar-refractivity contribution in [3.05, 3.63) is 59.9 Å². The van der Waals surface area contributed by atoms with Gasteiger partial charge in [0.1, 0.15) is 5.82 Å². The monoisotopic (exact) mass is 314 g/mol. The number of amides is 2. The van der Waals surface area contributed by atoms with Crippen LogP contribution in [0.25, 0.3) is 0 Å². The number of methoxy groups -OCH3 is 1. The maximum atomic E-state index is 13.2. The molecule has 0 spiro atoms. The van der Waals surface area contributed by atoms with Crippen LogP contribution in [0.2, 0.25) is 0 Å². The first-order valence-corrected chi connectivity index (χ1v) is 7.11. The van der Waals surface area contributed by atoms with E-state index in [0.717, 1.165) is 5.56 Å². The summed E-state index contributed by atoms with van der Waals surface area (Å²) in [5.74, 6) is -0.817. The summed E-state index contributed by atoms with van der Waals surface area (Å²) in [5, 5.41) is 2.79. The van der Waals surface area contributed by atoms with E-state index in [1.54, 1.807) is 6.07 Å². The van der Waals surface area contributed by atoms with Crippen molar-refractivity contribution in [3.63, 3.8) is 0 Å². The number of hydrogen-bond acceptors (Lipinski definition) is 3. The Hall–Kier alpha value is -2.89. The van der Waals surface area contributed by atoms with Gasteiger partial charge in [-0.3, -0.25) is 9.69 Å². The lowest BCUT2D eigenvalue weighted by atomic mass is 9.97. The zero-order chi connectivity index (χ0) is 16.4. The molecule has 6 heteroatoms. The third kappa shape index (κ3) is 2.88. The predicted molar refractivity (Wildman–Crippen MR) is 83.7 cm³/mol. The highest BCUT2D eigenvalue weighted by molar-refractivity contribution is 6.05. The van der Waals surface area contributed by atoms with Crippen LogP contribution in [-0.4, -0.2) is 19.1 Å². The lowest BCUT2D eigenvalue weighted by molar-refractivity contribution is -0.141. The Morgan fingerprint density at radius 3 is 2.61 bits per heavy atom. The van der Waals surface area contributed by atoms with E-state index in [0.29, 0.717) is 11.4 Å². The van der Waals surface area contributed by atoms with Crippen molar-refractivity contribution in [2.24, 2.45) is 0 Å². The molecule has 23 heavy (non-hydrogen) atoms. The number of carbonyl (C=O) groups is 2. The molecule has 1 aliphatic heterocycles. The van der Waals surface area contributed by atoms with Crippen molar-refractivity contribution in [2.75, 3.05) is 17.3 Å². The molecule has 1 N–H and O–H groups in total. The second kappa shape index (κ2) is 6.08. The standard InChI is InChI=1S/C17H15FN2O3/c1-23-16(21)10-15-13-4-2-3-5-14(13)19-17(22)20(15)12-8-6-11(18)7-9-12/h2-9,15H,10H2,1H3,(H,19,22). The van der Waals surface area contributed by atoms with Gasteiger partial charge in [-0.1, -0.05) is 18.2 Å². The first-order chi connectivity index (χ1) is 11.1. The molecular weight excluding hydrogens is 299 g/mol. The zero-order valence-electron chi connectivity index (χ0n) is 12.5. The number of benzene rings is 2. The number of carbonyl (C=O) groups excluding carboxylic acids is 2. The van der Waals surface area contributed by atoms with E-state index in [1.165, 1.54) is 36.3 Å². The molecule has 3 rings (SSSR count). The minimum Gasteiger partial charge on any atom is -0.469 e. The quantitative estimate of drug-likeness (QED) is 0.882. The minimum atomic E-state index is -0.516. The van der Waals surface area contributed by atoms with E-state index in [4.69, 9.17) is 4.74 Å². The van der Waals surface area contributed by atoms with Gasteiger partial charge in [0.25, 0.3) is 0 Å². The summed E-state index contributed by atoms with van der Waals surface area (Å²) in [4.78, 5) is 25.7. The van der Waals surface area contributed by atoms with Crippen LogP contribution in [0.15, 0.2) is 48.5 Å². The second-order valence-corrected chi connectivity index (χ2v) is 5.16. The van der Waals surface area contributed by atoms with E-state index in [1.807, 2.05) is 18.2 Å². The van der Waals surface area contributed by atoms with Gasteiger partial charge in [0.2, 0.25) is 0 Å². The fraction of sp³-hybridized carbons (Fsp3) is 0.176. The molecule has 1 heterocycles. The molecule has 118 valence electrons. The molecule has 1 atom stereocenters. The number of para-hydroxylation sites is 1. The van der Waals surface area contributed by atoms with Gasteiger partial charge in [0.15, 0.2) is 0 Å². The van der Waals surface area contributed by atoms with Crippen LogP contribution in [0.5, 0.6) is 0 Å². The van der Waals surface area contributed by atoms with Gasteiger partial charge in [-0.25, -0.2) is 9.18 Å². The fourth-order valence-electron chi connectivity index (χ4n) is 2.70. The molecule has 2 aromatic rings. The van der Waals surface area contributed by atoms with E-state index in [9.17, 15) is 14.0 Å². The third-order valence-electron chi connectivity index (χ3n) is 3.78. The Balaban J connectivity index is 2.06. The fourth-order valence-corrected chi connectivity index (χ4v) is 2.70. The van der Waals surface area contributed by atoms with Crippen molar-refractivity contribution < 1.29 is 18.7 Å². The van der Waals surface area contributed by atoms with E-state index >= 15 is 0 Å². The maximum absolute atomic E-state index is 13.2. The molecule has 0 saturated heterocycles. The number of urea groups is 1. The Bertz CT molecular complexity index is 746. The topological polar surface area (TPSA) is 58.6 Å². The highest BCUT2D eigenvalue weighted by Gasteiger charge is 2.35. The molecule has 0 radical (unpaired) electrons. The van der Waals surface area contributed by atoms with Gasteiger partial charge < -0.3 is 10.1 Å². The van der Waals surface area contributed by atoms with Crippen LogP contribution in [0, 0.1) is 5.82 Å². The molecule has 2 amide bonds. The number of rotatable bonds is 3. The smallest absolute Gasteiger partial charge is 0.326 e. The number of nitrogens with one attached hydrogen (secondary N) is 1. The summed E-state index contributed by atoms with van der Waals surface area (Å²) in [7, 11) is 1.30. The van der Waals surface area contributed by atoms with E-state index < -0.39 is 17.8 Å². The van der Waals surface area contributed by atoms with Gasteiger partial charge in [-0.05, 0) is 35.9 Å². The van der Waals surface area contributed by atoms with Crippen molar-refractivity contribution >= 4 is 23.4 Å². The highest BCUT2D eigenvalue weighted by Crippen LogP contribution is 2.38. The average molecular weight is 314 g/mol. The normalized spacial score (nSPS) is 16.5. The Labute approximate surface area is 132 Å². The van der Waals surface area contributed by atoms with Crippen LogP contribution < -0.4 is 10.2 Å². The molecule has 1 aliphatic rings. The number of nitrogens with zero attached hydrogens (tertiary/aromatic N) is 1. The number of fused-ring (bicyclic) bond motifs is 1. The Morgan fingerprint density at radius 1 is 1.22 bits per heavy atom. The lowest BCUT2D eigenvalue weighted by Gasteiger charge is -2.37. The molecule has 1 unspecified atom stereocenters. The molecule has 0 aliphatic carbocycles. The second-order valence-electron chi connectivity index (χ2n) is 5.16. The highest BCUT2D eigenvalue weighted by atomic mass is 19.1. The summed E-state index contributed by atoms with van der Waals surface area (Å²) >= 11 is 0. The van der Waals surface area contributed by atoms with Gasteiger partial charge in [0, 0.05) is 11.4 Å². The van der Waals surface area contributed by atoms with Crippen molar-refractivity contribution in [2.45, 2.75) is 12.5 Å². The molecule has 2 aromatic carbocycles. The lowest BCUT2D eigenvalue weighted by Crippen LogP contribution is -2.43. The molecule has 0 aromatic heterocycles. The van der Waals surface area contributed by atoms with Crippen LogP contribution in [0.1, 0.15) is 18.0 Å². The number of halogens is 1. The van der Waals surface area contributed by atoms with Crippen LogP contribution in [0.3, 0.4) is 0 Å². The van der Waals surface area contributed by atoms with Gasteiger partial charge in [-0.2, -0.15) is 0 Å². The third-order valence-corrected chi connectivity index (χ3v) is 3.78. The van der Waals surface area contributed by atoms with Gasteiger partial charge in [-0.15, -0.1) is 0 Å². The summed E-state index contributed by atoms with van der Waals surface area (Å²) in [6, 6.07) is 11.9. The van der Waals surface area contributed by atoms with Gasteiger partial charge >= 0.3 is 12.0 Å². The first-order valence-electron chi connectivity index (χ1n) is 7.11. The molecule has 0 bridgehead atoms. The molecule has 0 saturated carbocycles. The zero-order valence-corrected chi connectivity index (χ0v) is 12.5. The summed E-state index contributed by atoms with van der Waals surface area (Å²) in [6.45, 7) is 0. The predicted octanol–water partition coefficient (Wildman–Crippen LogP) is 3.48. The summed E-state index contributed by atoms with van der Waals surface area (Å²) in [6.07, 6.45) is 0.0122. The number of anilines is 2. The largest absolute Gasteiger partial charge is 0.469 e. The SMILES string of the molecule is COC(=O)CC1c2ccccc2NC(=O)N1c1ccc(F)cc1. The Kier molecular flexibility index (Phi) is 3.97. The van der Waals surface area contributed by atoms with Crippen molar-refractivity contribution in [1.29, 1.82) is 0 Å². The first kappa shape index (κ1) is 15.0. The molecule has 0 fully saturated rings. The molecule has 5 nitrogen and oxygen atoms in total. The number of esters is 1. The van der Waals surface area contributed by atoms with Crippen molar-refractivity contribution in [3.8, 4) is 0 Å². The van der Waals surface area contributed by atoms with Crippen molar-refractivity contribution in [1.82, 2.24) is 0 Å². The average Bonchev–Trinajstić information content (AvgIpc) is 2.56. The summed E-state index contributed by atoms with van der Waals surface area (Å²) < 4.78 is 17.9. The summed E-state index contributed by atoms with van der Waals surface area (Å²) in [5.41, 5.74) is 1.97. The van der Waals surface area contributed by atoms with E-state index in [2.05, 4.69) is 5.32 Å². The van der Waals surface area contributed by atoms with Crippen LogP contribution >= 0.6 is 0 Å². The molecular formula is C17H15FN2O3. The number of ether oxygens (including phenoxy) is 1.